The summed E-state index contributed by atoms with van der Waals surface area (Å²) in [4.78, 5) is 12.5. The third-order valence-corrected chi connectivity index (χ3v) is 5.86. The molecule has 5 nitrogen and oxygen atoms in total. The van der Waals surface area contributed by atoms with E-state index in [1.165, 1.54) is 10.6 Å². The largest absolute Gasteiger partial charge is 0.321 e. The maximum atomic E-state index is 12.5. The summed E-state index contributed by atoms with van der Waals surface area (Å²) in [6.45, 7) is 1.84. The number of amides is 1. The molecule has 0 bridgehead atoms. The minimum Gasteiger partial charge on any atom is -0.321 e. The van der Waals surface area contributed by atoms with E-state index in [4.69, 9.17) is 23.2 Å². The number of halogens is 2. The molecule has 1 amide bonds. The summed E-state index contributed by atoms with van der Waals surface area (Å²) < 4.78 is 25.3. The van der Waals surface area contributed by atoms with Gasteiger partial charge in [-0.15, -0.1) is 0 Å². The van der Waals surface area contributed by atoms with Gasteiger partial charge in [-0.25, -0.2) is 8.42 Å². The van der Waals surface area contributed by atoms with Gasteiger partial charge in [-0.1, -0.05) is 23.2 Å². The molecule has 2 aromatic carbocycles. The van der Waals surface area contributed by atoms with Crippen molar-refractivity contribution in [2.45, 2.75) is 19.4 Å². The molecule has 0 fully saturated rings. The lowest BCUT2D eigenvalue weighted by Gasteiger charge is -2.21. The van der Waals surface area contributed by atoms with Gasteiger partial charge < -0.3 is 5.32 Å². The van der Waals surface area contributed by atoms with Crippen LogP contribution in [0.1, 0.15) is 22.8 Å². The number of hydrogen-bond acceptors (Lipinski definition) is 3. The predicted octanol–water partition coefficient (Wildman–Crippen LogP) is 3.96. The van der Waals surface area contributed by atoms with Crippen molar-refractivity contribution < 1.29 is 13.2 Å². The molecule has 0 aliphatic carbocycles. The molecule has 1 aliphatic heterocycles. The fourth-order valence-corrected chi connectivity index (χ4v) is 4.64. The molecule has 0 aromatic heterocycles. The van der Waals surface area contributed by atoms with Crippen LogP contribution in [0.3, 0.4) is 0 Å². The molecule has 3 rings (SSSR count). The lowest BCUT2D eigenvalue weighted by molar-refractivity contribution is 0.102. The topological polar surface area (TPSA) is 66.5 Å². The molecule has 0 saturated heterocycles. The summed E-state index contributed by atoms with van der Waals surface area (Å²) in [5.74, 6) is -0.336. The first-order valence-electron chi connectivity index (χ1n) is 7.55. The van der Waals surface area contributed by atoms with Crippen molar-refractivity contribution in [3.63, 3.8) is 0 Å². The van der Waals surface area contributed by atoms with Gasteiger partial charge in [0.2, 0.25) is 10.0 Å². The van der Waals surface area contributed by atoms with Crippen LogP contribution in [-0.2, 0) is 16.4 Å². The molecular formula is C17H16Cl2N2O3S. The lowest BCUT2D eigenvalue weighted by atomic mass is 10.1. The smallest absolute Gasteiger partial charge is 0.255 e. The number of rotatable bonds is 3. The SMILES string of the molecule is CC1Cc2cc(C(=O)Nc3cc(Cl)ccc3Cl)ccc2N1S(C)(=O)=O. The Hall–Kier alpha value is -1.76. The number of sulfonamides is 1. The van der Waals surface area contributed by atoms with Crippen molar-refractivity contribution in [3.05, 3.63) is 57.6 Å². The normalized spacial score (nSPS) is 16.6. The zero-order valence-electron chi connectivity index (χ0n) is 13.6. The molecule has 1 unspecified atom stereocenters. The van der Waals surface area contributed by atoms with Crippen LogP contribution >= 0.6 is 23.2 Å². The van der Waals surface area contributed by atoms with Gasteiger partial charge in [0.1, 0.15) is 0 Å². The Morgan fingerprint density at radius 2 is 1.92 bits per heavy atom. The molecule has 0 radical (unpaired) electrons. The minimum atomic E-state index is -3.36. The van der Waals surface area contributed by atoms with Crippen LogP contribution < -0.4 is 9.62 Å². The van der Waals surface area contributed by atoms with Crippen LogP contribution in [0.15, 0.2) is 36.4 Å². The van der Waals surface area contributed by atoms with Crippen LogP contribution in [0.4, 0.5) is 11.4 Å². The van der Waals surface area contributed by atoms with E-state index in [1.54, 1.807) is 36.4 Å². The molecule has 1 N–H and O–H groups in total. The second-order valence-electron chi connectivity index (χ2n) is 6.03. The molecule has 132 valence electrons. The first kappa shape index (κ1) is 18.0. The van der Waals surface area contributed by atoms with E-state index < -0.39 is 10.0 Å². The highest BCUT2D eigenvalue weighted by atomic mass is 35.5. The summed E-state index contributed by atoms with van der Waals surface area (Å²) in [6.07, 6.45) is 1.74. The number of nitrogens with one attached hydrogen (secondary N) is 1. The van der Waals surface area contributed by atoms with E-state index in [1.807, 2.05) is 6.92 Å². The third kappa shape index (κ3) is 3.61. The molecule has 8 heteroatoms. The number of carbonyl (C=O) groups excluding carboxylic acids is 1. The number of benzene rings is 2. The van der Waals surface area contributed by atoms with Crippen LogP contribution in [0.25, 0.3) is 0 Å². The summed E-state index contributed by atoms with van der Waals surface area (Å²) >= 11 is 12.0. The molecule has 2 aromatic rings. The molecule has 1 heterocycles. The highest BCUT2D eigenvalue weighted by Gasteiger charge is 2.32. The van der Waals surface area contributed by atoms with Crippen molar-refractivity contribution in [2.24, 2.45) is 0 Å². The van der Waals surface area contributed by atoms with E-state index in [2.05, 4.69) is 5.32 Å². The second-order valence-corrected chi connectivity index (χ2v) is 8.74. The summed E-state index contributed by atoms with van der Waals surface area (Å²) in [7, 11) is -3.36. The number of hydrogen-bond donors (Lipinski definition) is 1. The first-order chi connectivity index (χ1) is 11.7. The molecule has 0 saturated carbocycles. The molecular weight excluding hydrogens is 383 g/mol. The average molecular weight is 399 g/mol. The summed E-state index contributed by atoms with van der Waals surface area (Å²) in [5, 5.41) is 3.57. The predicted molar refractivity (Wildman–Crippen MR) is 101 cm³/mol. The van der Waals surface area contributed by atoms with Crippen molar-refractivity contribution in [1.29, 1.82) is 0 Å². The third-order valence-electron chi connectivity index (χ3n) is 4.03. The van der Waals surface area contributed by atoms with E-state index in [-0.39, 0.29) is 11.9 Å². The highest BCUT2D eigenvalue weighted by Crippen LogP contribution is 2.35. The van der Waals surface area contributed by atoms with Crippen molar-refractivity contribution >= 4 is 50.5 Å². The van der Waals surface area contributed by atoms with Gasteiger partial charge >= 0.3 is 0 Å². The quantitative estimate of drug-likeness (QED) is 0.850. The zero-order chi connectivity index (χ0) is 18.4. The average Bonchev–Trinajstić information content (AvgIpc) is 2.85. The Bertz CT molecular complexity index is 960. The van der Waals surface area contributed by atoms with Crippen molar-refractivity contribution in [2.75, 3.05) is 15.9 Å². The maximum Gasteiger partial charge on any atom is 0.255 e. The number of nitrogens with zero attached hydrogens (tertiary/aromatic N) is 1. The van der Waals surface area contributed by atoms with Gasteiger partial charge in [-0.2, -0.15) is 0 Å². The van der Waals surface area contributed by atoms with Gasteiger partial charge in [0.25, 0.3) is 5.91 Å². The Morgan fingerprint density at radius 3 is 2.60 bits per heavy atom. The molecule has 0 spiro atoms. The van der Waals surface area contributed by atoms with E-state index in [0.29, 0.717) is 33.4 Å². The Kier molecular flexibility index (Phi) is 4.70. The maximum absolute atomic E-state index is 12.5. The van der Waals surface area contributed by atoms with Crippen LogP contribution in [0.2, 0.25) is 10.0 Å². The van der Waals surface area contributed by atoms with Crippen molar-refractivity contribution in [3.8, 4) is 0 Å². The molecule has 1 atom stereocenters. The van der Waals surface area contributed by atoms with Crippen LogP contribution in [0, 0.1) is 0 Å². The second kappa shape index (κ2) is 6.52. The number of fused-ring (bicyclic) bond motifs is 1. The fraction of sp³-hybridized carbons (Fsp3) is 0.235. The van der Waals surface area contributed by atoms with Gasteiger partial charge in [0.05, 0.1) is 22.7 Å². The highest BCUT2D eigenvalue weighted by molar-refractivity contribution is 7.92. The fourth-order valence-electron chi connectivity index (χ4n) is 3.04. The van der Waals surface area contributed by atoms with E-state index >= 15 is 0 Å². The Balaban J connectivity index is 1.89. The molecule has 1 aliphatic rings. The van der Waals surface area contributed by atoms with E-state index in [0.717, 1.165) is 5.56 Å². The number of anilines is 2. The van der Waals surface area contributed by atoms with Gasteiger partial charge in [0.15, 0.2) is 0 Å². The molecule has 25 heavy (non-hydrogen) atoms. The van der Waals surface area contributed by atoms with Crippen molar-refractivity contribution in [1.82, 2.24) is 0 Å². The van der Waals surface area contributed by atoms with Crippen LogP contribution in [-0.4, -0.2) is 26.6 Å². The standard InChI is InChI=1S/C17H16Cl2N2O3S/c1-10-7-12-8-11(3-6-16(12)21(10)25(2,23)24)17(22)20-15-9-13(18)4-5-14(15)19/h3-6,8-10H,7H2,1-2H3,(H,20,22). The summed E-state index contributed by atoms with van der Waals surface area (Å²) in [6, 6.07) is 9.61. The Labute approximate surface area is 156 Å². The van der Waals surface area contributed by atoms with Gasteiger partial charge in [-0.3, -0.25) is 9.10 Å². The van der Waals surface area contributed by atoms with E-state index in [9.17, 15) is 13.2 Å². The minimum absolute atomic E-state index is 0.175. The van der Waals surface area contributed by atoms with Crippen LogP contribution in [0.5, 0.6) is 0 Å². The van der Waals surface area contributed by atoms with Gasteiger partial charge in [0, 0.05) is 16.6 Å². The first-order valence-corrected chi connectivity index (χ1v) is 10.2. The monoisotopic (exact) mass is 398 g/mol. The summed E-state index contributed by atoms with van der Waals surface area (Å²) in [5.41, 5.74) is 2.29. The number of carbonyl (C=O) groups is 1. The Morgan fingerprint density at radius 1 is 1.20 bits per heavy atom. The zero-order valence-corrected chi connectivity index (χ0v) is 15.9. The lowest BCUT2D eigenvalue weighted by Crippen LogP contribution is -2.34. The van der Waals surface area contributed by atoms with Gasteiger partial charge in [-0.05, 0) is 55.3 Å².